The van der Waals surface area contributed by atoms with E-state index >= 15 is 0 Å². The highest BCUT2D eigenvalue weighted by molar-refractivity contribution is 5.81. The lowest BCUT2D eigenvalue weighted by Crippen LogP contribution is -2.14. The number of nitrogens with two attached hydrogens (primary N) is 1. The first kappa shape index (κ1) is 12.2. The maximum Gasteiger partial charge on any atom is 0.0159 e. The van der Waals surface area contributed by atoms with E-state index in [1.807, 2.05) is 6.08 Å². The maximum atomic E-state index is 5.52. The fourth-order valence-corrected chi connectivity index (χ4v) is 3.03. The lowest BCUT2D eigenvalue weighted by Gasteiger charge is -2.21. The minimum Gasteiger partial charge on any atom is -0.327 e. The van der Waals surface area contributed by atoms with E-state index in [-0.39, 0.29) is 5.41 Å². The Bertz CT molecular complexity index is 650. The molecule has 96 valence electrons. The summed E-state index contributed by atoms with van der Waals surface area (Å²) in [6.07, 6.45) is 4.09. The third-order valence-electron chi connectivity index (χ3n) is 4.05. The molecule has 0 radical (unpaired) electrons. The van der Waals surface area contributed by atoms with Crippen molar-refractivity contribution in [2.45, 2.75) is 19.3 Å². The largest absolute Gasteiger partial charge is 0.327 e. The number of hydrogen-bond donors (Lipinski definition) is 1. The van der Waals surface area contributed by atoms with Gasteiger partial charge in [-0.3, -0.25) is 0 Å². The summed E-state index contributed by atoms with van der Waals surface area (Å²) in [4.78, 5) is 0. The van der Waals surface area contributed by atoms with Crippen LogP contribution in [-0.4, -0.2) is 6.54 Å². The standard InChI is InChI=1S/C18H19N/c1-18(2)16-8-4-3-7-14(16)15-10-9-13(6-5-11-19)12-17(15)18/h3-10,12H,11,19H2,1-2H3. The van der Waals surface area contributed by atoms with Gasteiger partial charge in [0.15, 0.2) is 0 Å². The minimum absolute atomic E-state index is 0.0818. The summed E-state index contributed by atoms with van der Waals surface area (Å²) in [7, 11) is 0. The number of hydrogen-bond acceptors (Lipinski definition) is 1. The molecule has 0 amide bonds. The molecule has 1 heteroatoms. The van der Waals surface area contributed by atoms with Crippen molar-refractivity contribution in [1.29, 1.82) is 0 Å². The average Bonchev–Trinajstić information content (AvgIpc) is 2.66. The van der Waals surface area contributed by atoms with Gasteiger partial charge in [0.25, 0.3) is 0 Å². The van der Waals surface area contributed by atoms with E-state index in [0.717, 1.165) is 0 Å². The Labute approximate surface area is 114 Å². The van der Waals surface area contributed by atoms with Crippen LogP contribution < -0.4 is 5.73 Å². The molecule has 2 N–H and O–H groups in total. The number of rotatable bonds is 2. The monoisotopic (exact) mass is 249 g/mol. The van der Waals surface area contributed by atoms with E-state index in [2.05, 4.69) is 62.4 Å². The molecular weight excluding hydrogens is 230 g/mol. The predicted molar refractivity (Wildman–Crippen MR) is 82.1 cm³/mol. The average molecular weight is 249 g/mol. The summed E-state index contributed by atoms with van der Waals surface area (Å²) in [6, 6.07) is 15.4. The van der Waals surface area contributed by atoms with Crippen LogP contribution in [0, 0.1) is 0 Å². The fourth-order valence-electron chi connectivity index (χ4n) is 3.03. The normalized spacial score (nSPS) is 15.5. The highest BCUT2D eigenvalue weighted by Gasteiger charge is 2.34. The van der Waals surface area contributed by atoms with Crippen molar-refractivity contribution in [1.82, 2.24) is 0 Å². The molecule has 0 saturated carbocycles. The Morgan fingerprint density at radius 1 is 1.00 bits per heavy atom. The molecule has 0 spiro atoms. The van der Waals surface area contributed by atoms with E-state index in [1.54, 1.807) is 0 Å². The van der Waals surface area contributed by atoms with Gasteiger partial charge in [0, 0.05) is 12.0 Å². The maximum absolute atomic E-state index is 5.52. The van der Waals surface area contributed by atoms with Crippen LogP contribution in [0.1, 0.15) is 30.5 Å². The first-order chi connectivity index (χ1) is 9.14. The Morgan fingerprint density at radius 2 is 1.74 bits per heavy atom. The van der Waals surface area contributed by atoms with Crippen molar-refractivity contribution < 1.29 is 0 Å². The van der Waals surface area contributed by atoms with Gasteiger partial charge in [-0.1, -0.05) is 68.5 Å². The van der Waals surface area contributed by atoms with Gasteiger partial charge in [0.05, 0.1) is 0 Å². The summed E-state index contributed by atoms with van der Waals surface area (Å²) in [5.74, 6) is 0. The van der Waals surface area contributed by atoms with Crippen LogP contribution in [0.2, 0.25) is 0 Å². The molecule has 0 fully saturated rings. The van der Waals surface area contributed by atoms with Crippen LogP contribution >= 0.6 is 0 Å². The summed E-state index contributed by atoms with van der Waals surface area (Å²) >= 11 is 0. The molecule has 0 aromatic heterocycles. The van der Waals surface area contributed by atoms with Gasteiger partial charge >= 0.3 is 0 Å². The predicted octanol–water partition coefficient (Wildman–Crippen LogP) is 3.96. The molecule has 0 heterocycles. The van der Waals surface area contributed by atoms with Crippen molar-refractivity contribution in [3.63, 3.8) is 0 Å². The van der Waals surface area contributed by atoms with Crippen molar-refractivity contribution in [2.75, 3.05) is 6.54 Å². The van der Waals surface area contributed by atoms with Crippen molar-refractivity contribution in [3.05, 3.63) is 65.2 Å². The Morgan fingerprint density at radius 3 is 2.53 bits per heavy atom. The zero-order chi connectivity index (χ0) is 13.5. The molecule has 0 unspecified atom stereocenters. The van der Waals surface area contributed by atoms with Gasteiger partial charge < -0.3 is 5.73 Å². The van der Waals surface area contributed by atoms with Crippen molar-refractivity contribution >= 4 is 6.08 Å². The molecule has 0 bridgehead atoms. The highest BCUT2D eigenvalue weighted by Crippen LogP contribution is 2.48. The van der Waals surface area contributed by atoms with Crippen molar-refractivity contribution in [2.24, 2.45) is 5.73 Å². The lowest BCUT2D eigenvalue weighted by molar-refractivity contribution is 0.660. The van der Waals surface area contributed by atoms with E-state index < -0.39 is 0 Å². The molecule has 2 aromatic carbocycles. The van der Waals surface area contributed by atoms with Gasteiger partial charge in [-0.15, -0.1) is 0 Å². The van der Waals surface area contributed by atoms with Crippen LogP contribution in [0.4, 0.5) is 0 Å². The van der Waals surface area contributed by atoms with Gasteiger partial charge in [-0.05, 0) is 27.8 Å². The zero-order valence-electron chi connectivity index (χ0n) is 11.5. The molecule has 0 aliphatic heterocycles. The smallest absolute Gasteiger partial charge is 0.0159 e. The molecule has 0 atom stereocenters. The third-order valence-corrected chi connectivity index (χ3v) is 4.05. The Balaban J connectivity index is 2.18. The topological polar surface area (TPSA) is 26.0 Å². The lowest BCUT2D eigenvalue weighted by atomic mass is 9.82. The molecule has 1 aliphatic carbocycles. The first-order valence-electron chi connectivity index (χ1n) is 6.75. The van der Waals surface area contributed by atoms with E-state index in [0.29, 0.717) is 6.54 Å². The Hall–Kier alpha value is -1.86. The summed E-state index contributed by atoms with van der Waals surface area (Å²) in [5.41, 5.74) is 12.4. The van der Waals surface area contributed by atoms with E-state index in [9.17, 15) is 0 Å². The minimum atomic E-state index is 0.0818. The molecule has 3 rings (SSSR count). The van der Waals surface area contributed by atoms with Crippen LogP contribution in [0.5, 0.6) is 0 Å². The van der Waals surface area contributed by atoms with E-state index in [4.69, 9.17) is 5.73 Å². The third kappa shape index (κ3) is 1.82. The van der Waals surface area contributed by atoms with Crippen LogP contribution in [0.25, 0.3) is 17.2 Å². The number of benzene rings is 2. The highest BCUT2D eigenvalue weighted by atomic mass is 14.5. The van der Waals surface area contributed by atoms with Gasteiger partial charge in [0.2, 0.25) is 0 Å². The second-order valence-electron chi connectivity index (χ2n) is 5.61. The van der Waals surface area contributed by atoms with Crippen molar-refractivity contribution in [3.8, 4) is 11.1 Å². The summed E-state index contributed by atoms with van der Waals surface area (Å²) in [6.45, 7) is 5.18. The zero-order valence-corrected chi connectivity index (χ0v) is 11.5. The molecular formula is C18H19N. The first-order valence-corrected chi connectivity index (χ1v) is 6.75. The molecule has 2 aromatic rings. The summed E-state index contributed by atoms with van der Waals surface area (Å²) < 4.78 is 0. The number of fused-ring (bicyclic) bond motifs is 3. The molecule has 0 saturated heterocycles. The Kier molecular flexibility index (Phi) is 2.79. The quantitative estimate of drug-likeness (QED) is 0.856. The van der Waals surface area contributed by atoms with Gasteiger partial charge in [-0.2, -0.15) is 0 Å². The summed E-state index contributed by atoms with van der Waals surface area (Å²) in [5, 5.41) is 0. The SMILES string of the molecule is CC1(C)c2ccccc2-c2ccc(C=CCN)cc21. The molecule has 19 heavy (non-hydrogen) atoms. The van der Waals surface area contributed by atoms with Crippen LogP contribution in [-0.2, 0) is 5.41 Å². The molecule has 1 nitrogen and oxygen atoms in total. The van der Waals surface area contributed by atoms with Crippen LogP contribution in [0.15, 0.2) is 48.5 Å². The second kappa shape index (κ2) is 4.36. The van der Waals surface area contributed by atoms with Gasteiger partial charge in [-0.25, -0.2) is 0 Å². The second-order valence-corrected chi connectivity index (χ2v) is 5.61. The van der Waals surface area contributed by atoms with Crippen LogP contribution in [0.3, 0.4) is 0 Å². The van der Waals surface area contributed by atoms with Gasteiger partial charge in [0.1, 0.15) is 0 Å². The molecule has 1 aliphatic rings. The fraction of sp³-hybridized carbons (Fsp3) is 0.222. The van der Waals surface area contributed by atoms with E-state index in [1.165, 1.54) is 27.8 Å².